The monoisotopic (exact) mass is 277 g/mol. The summed E-state index contributed by atoms with van der Waals surface area (Å²) < 4.78 is 5.39. The van der Waals surface area contributed by atoms with Crippen molar-refractivity contribution in [1.82, 2.24) is 25.5 Å². The number of hydrogen-bond donors (Lipinski definition) is 2. The first kappa shape index (κ1) is 14.2. The second kappa shape index (κ2) is 5.07. The van der Waals surface area contributed by atoms with Gasteiger partial charge in [-0.25, -0.2) is 9.97 Å². The van der Waals surface area contributed by atoms with Gasteiger partial charge in [0.1, 0.15) is 11.6 Å². The van der Waals surface area contributed by atoms with Crippen molar-refractivity contribution < 1.29 is 9.21 Å². The Morgan fingerprint density at radius 1 is 1.30 bits per heavy atom. The fraction of sp³-hybridized carbons (Fsp3) is 0.538. The number of amides is 1. The molecule has 0 aliphatic heterocycles. The van der Waals surface area contributed by atoms with E-state index in [4.69, 9.17) is 4.42 Å². The summed E-state index contributed by atoms with van der Waals surface area (Å²) >= 11 is 0. The number of aromatic amines is 1. The topological polar surface area (TPSA) is 96.7 Å². The van der Waals surface area contributed by atoms with Crippen molar-refractivity contribution in [3.63, 3.8) is 0 Å². The minimum atomic E-state index is -0.356. The minimum absolute atomic E-state index is 0.120. The van der Waals surface area contributed by atoms with Gasteiger partial charge in [0, 0.05) is 5.41 Å². The van der Waals surface area contributed by atoms with Crippen molar-refractivity contribution in [3.05, 3.63) is 29.0 Å². The van der Waals surface area contributed by atoms with Crippen molar-refractivity contribution in [2.24, 2.45) is 0 Å². The van der Waals surface area contributed by atoms with Crippen LogP contribution in [-0.2, 0) is 12.0 Å². The molecule has 2 aromatic heterocycles. The lowest BCUT2D eigenvalue weighted by Crippen LogP contribution is -2.24. The molecule has 0 aliphatic carbocycles. The fourth-order valence-electron chi connectivity index (χ4n) is 1.55. The molecule has 108 valence electrons. The van der Waals surface area contributed by atoms with Gasteiger partial charge in [-0.3, -0.25) is 9.89 Å². The molecule has 1 amide bonds. The number of rotatable bonds is 3. The van der Waals surface area contributed by atoms with Gasteiger partial charge >= 0.3 is 0 Å². The third-order valence-electron chi connectivity index (χ3n) is 2.87. The van der Waals surface area contributed by atoms with Crippen LogP contribution in [-0.4, -0.2) is 26.1 Å². The van der Waals surface area contributed by atoms with Gasteiger partial charge in [0.25, 0.3) is 5.91 Å². The van der Waals surface area contributed by atoms with E-state index >= 15 is 0 Å². The quantitative estimate of drug-likeness (QED) is 0.889. The predicted molar refractivity (Wildman–Crippen MR) is 72.2 cm³/mol. The highest BCUT2D eigenvalue weighted by Gasteiger charge is 2.21. The molecule has 0 fully saturated rings. The van der Waals surface area contributed by atoms with E-state index in [1.165, 1.54) is 0 Å². The second-order valence-corrected chi connectivity index (χ2v) is 5.69. The third-order valence-corrected chi connectivity index (χ3v) is 2.87. The van der Waals surface area contributed by atoms with Crippen LogP contribution in [0.1, 0.15) is 54.6 Å². The van der Waals surface area contributed by atoms with Gasteiger partial charge < -0.3 is 9.73 Å². The second-order valence-electron chi connectivity index (χ2n) is 5.69. The van der Waals surface area contributed by atoms with Crippen molar-refractivity contribution in [2.45, 2.75) is 46.6 Å². The molecular weight excluding hydrogens is 258 g/mol. The maximum absolute atomic E-state index is 11.9. The van der Waals surface area contributed by atoms with Crippen molar-refractivity contribution >= 4 is 5.91 Å². The van der Waals surface area contributed by atoms with Crippen LogP contribution in [0.5, 0.6) is 0 Å². The van der Waals surface area contributed by atoms with Crippen molar-refractivity contribution in [3.8, 4) is 0 Å². The van der Waals surface area contributed by atoms with Gasteiger partial charge in [-0.1, -0.05) is 20.8 Å². The zero-order chi connectivity index (χ0) is 14.9. The highest BCUT2D eigenvalue weighted by atomic mass is 16.4. The standard InChI is InChI=1S/C13H19N5O2/c1-7-8(2)20-9(15-7)6-14-11(19)10-16-12(18-17-10)13(3,4)5/h6H2,1-5H3,(H,14,19)(H,16,17,18). The number of H-pyrrole nitrogens is 1. The van der Waals surface area contributed by atoms with E-state index in [2.05, 4.69) is 25.5 Å². The lowest BCUT2D eigenvalue weighted by Gasteiger charge is -2.12. The number of aryl methyl sites for hydroxylation is 2. The van der Waals surface area contributed by atoms with Gasteiger partial charge in [0.05, 0.1) is 12.2 Å². The Morgan fingerprint density at radius 2 is 2.00 bits per heavy atom. The molecule has 0 saturated heterocycles. The van der Waals surface area contributed by atoms with E-state index in [1.807, 2.05) is 34.6 Å². The van der Waals surface area contributed by atoms with Crippen LogP contribution >= 0.6 is 0 Å². The molecule has 0 radical (unpaired) electrons. The minimum Gasteiger partial charge on any atom is -0.444 e. The number of carbonyl (C=O) groups excluding carboxylic acids is 1. The molecule has 0 bridgehead atoms. The molecule has 2 rings (SSSR count). The van der Waals surface area contributed by atoms with Crippen LogP contribution in [0.4, 0.5) is 0 Å². The molecule has 2 N–H and O–H groups in total. The Morgan fingerprint density at radius 3 is 2.50 bits per heavy atom. The molecule has 20 heavy (non-hydrogen) atoms. The van der Waals surface area contributed by atoms with Gasteiger partial charge in [0.15, 0.2) is 0 Å². The smallest absolute Gasteiger partial charge is 0.291 e. The van der Waals surface area contributed by atoms with Gasteiger partial charge in [-0.2, -0.15) is 0 Å². The van der Waals surface area contributed by atoms with E-state index in [9.17, 15) is 4.79 Å². The van der Waals surface area contributed by atoms with Crippen LogP contribution in [0.2, 0.25) is 0 Å². The Balaban J connectivity index is 2.00. The zero-order valence-corrected chi connectivity index (χ0v) is 12.4. The molecule has 2 aromatic rings. The predicted octanol–water partition coefficient (Wildman–Crippen LogP) is 1.64. The highest BCUT2D eigenvalue weighted by molar-refractivity contribution is 5.90. The molecule has 2 heterocycles. The van der Waals surface area contributed by atoms with Crippen molar-refractivity contribution in [2.75, 3.05) is 0 Å². The maximum atomic E-state index is 11.9. The average Bonchev–Trinajstić information content (AvgIpc) is 2.94. The van der Waals surface area contributed by atoms with Gasteiger partial charge in [-0.15, -0.1) is 5.10 Å². The van der Waals surface area contributed by atoms with Crippen LogP contribution in [0.3, 0.4) is 0 Å². The first-order chi connectivity index (χ1) is 9.27. The van der Waals surface area contributed by atoms with E-state index < -0.39 is 0 Å². The number of carbonyl (C=O) groups is 1. The first-order valence-corrected chi connectivity index (χ1v) is 6.41. The number of aromatic nitrogens is 4. The lowest BCUT2D eigenvalue weighted by atomic mass is 9.96. The summed E-state index contributed by atoms with van der Waals surface area (Å²) in [5.41, 5.74) is 0.643. The molecule has 0 aliphatic rings. The SMILES string of the molecule is Cc1nc(CNC(=O)c2n[nH]c(C(C)(C)C)n2)oc1C. The van der Waals surface area contributed by atoms with E-state index in [-0.39, 0.29) is 23.7 Å². The Hall–Kier alpha value is -2.18. The van der Waals surface area contributed by atoms with E-state index in [0.717, 1.165) is 11.5 Å². The normalized spacial score (nSPS) is 11.7. The van der Waals surface area contributed by atoms with E-state index in [0.29, 0.717) is 11.7 Å². The maximum Gasteiger partial charge on any atom is 0.291 e. The fourth-order valence-corrected chi connectivity index (χ4v) is 1.55. The zero-order valence-electron chi connectivity index (χ0n) is 12.4. The summed E-state index contributed by atoms with van der Waals surface area (Å²) in [4.78, 5) is 20.3. The van der Waals surface area contributed by atoms with Crippen LogP contribution in [0.15, 0.2) is 4.42 Å². The van der Waals surface area contributed by atoms with Crippen molar-refractivity contribution in [1.29, 1.82) is 0 Å². The Kier molecular flexibility index (Phi) is 3.61. The molecule has 0 aromatic carbocycles. The van der Waals surface area contributed by atoms with Crippen LogP contribution in [0, 0.1) is 13.8 Å². The molecular formula is C13H19N5O2. The number of hydrogen-bond acceptors (Lipinski definition) is 5. The molecule has 0 atom stereocenters. The highest BCUT2D eigenvalue weighted by Crippen LogP contribution is 2.17. The summed E-state index contributed by atoms with van der Waals surface area (Å²) in [6, 6.07) is 0. The Labute approximate surface area is 117 Å². The average molecular weight is 277 g/mol. The Bertz CT molecular complexity index is 601. The summed E-state index contributed by atoms with van der Waals surface area (Å²) in [7, 11) is 0. The first-order valence-electron chi connectivity index (χ1n) is 6.41. The molecule has 7 nitrogen and oxygen atoms in total. The summed E-state index contributed by atoms with van der Waals surface area (Å²) in [5, 5.41) is 9.38. The summed E-state index contributed by atoms with van der Waals surface area (Å²) in [5.74, 6) is 1.66. The van der Waals surface area contributed by atoms with Crippen LogP contribution in [0.25, 0.3) is 0 Å². The molecule has 0 saturated carbocycles. The summed E-state index contributed by atoms with van der Waals surface area (Å²) in [6.45, 7) is 9.88. The number of nitrogens with zero attached hydrogens (tertiary/aromatic N) is 3. The largest absolute Gasteiger partial charge is 0.444 e. The lowest BCUT2D eigenvalue weighted by molar-refractivity contribution is 0.0937. The van der Waals surface area contributed by atoms with Gasteiger partial charge in [-0.05, 0) is 13.8 Å². The van der Waals surface area contributed by atoms with Gasteiger partial charge in [0.2, 0.25) is 11.7 Å². The molecule has 0 unspecified atom stereocenters. The van der Waals surface area contributed by atoms with Crippen LogP contribution < -0.4 is 5.32 Å². The number of nitrogens with one attached hydrogen (secondary N) is 2. The van der Waals surface area contributed by atoms with E-state index in [1.54, 1.807) is 0 Å². The summed E-state index contributed by atoms with van der Waals surface area (Å²) in [6.07, 6.45) is 0. The molecule has 7 heteroatoms. The number of oxazole rings is 1. The molecule has 0 spiro atoms. The third kappa shape index (κ3) is 3.04.